The molecule has 0 aliphatic rings. The first kappa shape index (κ1) is 21.9. The van der Waals surface area contributed by atoms with Gasteiger partial charge >= 0.3 is 18.1 Å². The number of imidazole rings is 2. The maximum Gasteiger partial charge on any atom is 0.453 e. The molecular formula is C18H15F3N8O4. The Morgan fingerprint density at radius 3 is 2.48 bits per heavy atom. The Bertz CT molecular complexity index is 1340. The maximum absolute atomic E-state index is 13.3. The molecule has 33 heavy (non-hydrogen) atoms. The van der Waals surface area contributed by atoms with Crippen LogP contribution >= 0.6 is 0 Å². The molecule has 12 nitrogen and oxygen atoms in total. The third-order valence-corrected chi connectivity index (χ3v) is 4.22. The lowest BCUT2D eigenvalue weighted by Crippen LogP contribution is -2.12. The van der Waals surface area contributed by atoms with Crippen LogP contribution in [0.15, 0.2) is 31.0 Å². The van der Waals surface area contributed by atoms with Gasteiger partial charge in [0.1, 0.15) is 17.1 Å². The largest absolute Gasteiger partial charge is 0.453 e. The van der Waals surface area contributed by atoms with E-state index in [0.29, 0.717) is 0 Å². The first-order chi connectivity index (χ1) is 15.6. The molecule has 0 aliphatic carbocycles. The molecule has 0 saturated heterocycles. The first-order valence-corrected chi connectivity index (χ1v) is 9.28. The van der Waals surface area contributed by atoms with E-state index in [0.717, 1.165) is 11.6 Å². The van der Waals surface area contributed by atoms with Gasteiger partial charge < -0.3 is 14.0 Å². The van der Waals surface area contributed by atoms with Gasteiger partial charge in [-0.3, -0.25) is 14.0 Å². The van der Waals surface area contributed by atoms with Crippen molar-refractivity contribution in [2.75, 3.05) is 0 Å². The monoisotopic (exact) mass is 464 g/mol. The summed E-state index contributed by atoms with van der Waals surface area (Å²) in [7, 11) is 0. The SMILES string of the molecule is CC(=O)OCn1cnc(-c2c(-c3nc(C(F)(F)F)nn3COC(C)=O)nc3ncccn23)c1. The van der Waals surface area contributed by atoms with Crippen LogP contribution in [0.1, 0.15) is 19.7 Å². The van der Waals surface area contributed by atoms with Crippen LogP contribution in [0.4, 0.5) is 13.2 Å². The number of esters is 2. The highest BCUT2D eigenvalue weighted by atomic mass is 19.4. The van der Waals surface area contributed by atoms with Gasteiger partial charge in [-0.2, -0.15) is 13.2 Å². The maximum atomic E-state index is 13.3. The number of alkyl halides is 3. The molecule has 0 atom stereocenters. The predicted molar refractivity (Wildman–Crippen MR) is 102 cm³/mol. The minimum atomic E-state index is -4.85. The normalized spacial score (nSPS) is 11.7. The molecule has 172 valence electrons. The molecule has 0 N–H and O–H groups in total. The van der Waals surface area contributed by atoms with Gasteiger partial charge in [0.25, 0.3) is 5.82 Å². The van der Waals surface area contributed by atoms with Crippen LogP contribution in [0.25, 0.3) is 28.7 Å². The first-order valence-electron chi connectivity index (χ1n) is 9.28. The molecular weight excluding hydrogens is 449 g/mol. The molecule has 0 radical (unpaired) electrons. The Hall–Kier alpha value is -4.30. The van der Waals surface area contributed by atoms with Gasteiger partial charge in [0.05, 0.1) is 6.33 Å². The number of aromatic nitrogens is 8. The summed E-state index contributed by atoms with van der Waals surface area (Å²) in [5.41, 5.74) is 0.514. The molecule has 0 spiro atoms. The molecule has 0 amide bonds. The van der Waals surface area contributed by atoms with Crippen LogP contribution < -0.4 is 0 Å². The van der Waals surface area contributed by atoms with E-state index in [1.807, 2.05) is 0 Å². The van der Waals surface area contributed by atoms with E-state index in [2.05, 4.69) is 25.0 Å². The summed E-state index contributed by atoms with van der Waals surface area (Å²) in [6.07, 6.45) is 1.10. The van der Waals surface area contributed by atoms with Gasteiger partial charge in [-0.1, -0.05) is 0 Å². The van der Waals surface area contributed by atoms with Crippen LogP contribution in [-0.4, -0.2) is 50.6 Å². The Kier molecular flexibility index (Phi) is 5.53. The average Bonchev–Trinajstić information content (AvgIpc) is 3.45. The van der Waals surface area contributed by atoms with Crippen molar-refractivity contribution in [3.63, 3.8) is 0 Å². The zero-order chi connectivity index (χ0) is 23.8. The van der Waals surface area contributed by atoms with E-state index < -0.39 is 30.7 Å². The average molecular weight is 464 g/mol. The lowest BCUT2D eigenvalue weighted by molar-refractivity contribution is -0.147. The highest BCUT2D eigenvalue weighted by Gasteiger charge is 2.38. The summed E-state index contributed by atoms with van der Waals surface area (Å²) < 4.78 is 53.5. The predicted octanol–water partition coefficient (Wildman–Crippen LogP) is 1.91. The van der Waals surface area contributed by atoms with Crippen LogP contribution in [-0.2, 0) is 38.7 Å². The summed E-state index contributed by atoms with van der Waals surface area (Å²) in [5, 5.41) is 3.44. The standard InChI is InChI=1S/C18H15F3N8O4/c1-10(30)32-8-27-6-12(23-7-27)14-13(24-17-22-4-3-5-28(14)17)15-25-16(18(19,20)21)26-29(15)9-33-11(2)31/h3-7H,8-9H2,1-2H3. The topological polar surface area (TPSA) is 131 Å². The highest BCUT2D eigenvalue weighted by molar-refractivity contribution is 5.76. The van der Waals surface area contributed by atoms with E-state index in [1.165, 1.54) is 34.6 Å². The molecule has 0 bridgehead atoms. The van der Waals surface area contributed by atoms with Gasteiger partial charge in [0.2, 0.25) is 5.78 Å². The van der Waals surface area contributed by atoms with Gasteiger partial charge in [-0.15, -0.1) is 5.10 Å². The summed E-state index contributed by atoms with van der Waals surface area (Å²) in [4.78, 5) is 38.6. The highest BCUT2D eigenvalue weighted by Crippen LogP contribution is 2.33. The zero-order valence-corrected chi connectivity index (χ0v) is 17.1. The summed E-state index contributed by atoms with van der Waals surface area (Å²) in [6, 6.07) is 1.60. The van der Waals surface area contributed by atoms with Crippen molar-refractivity contribution >= 4 is 17.7 Å². The van der Waals surface area contributed by atoms with Crippen LogP contribution in [0.5, 0.6) is 0 Å². The van der Waals surface area contributed by atoms with Crippen molar-refractivity contribution in [3.05, 3.63) is 36.8 Å². The summed E-state index contributed by atoms with van der Waals surface area (Å²) >= 11 is 0. The van der Waals surface area contributed by atoms with E-state index in [-0.39, 0.29) is 35.4 Å². The van der Waals surface area contributed by atoms with Gasteiger partial charge in [-0.05, 0) is 6.07 Å². The van der Waals surface area contributed by atoms with E-state index in [9.17, 15) is 22.8 Å². The molecule has 4 aromatic rings. The molecule has 0 saturated carbocycles. The second-order valence-electron chi connectivity index (χ2n) is 6.66. The lowest BCUT2D eigenvalue weighted by Gasteiger charge is -2.06. The third kappa shape index (κ3) is 4.51. The minimum absolute atomic E-state index is 0.0263. The summed E-state index contributed by atoms with van der Waals surface area (Å²) in [6.45, 7) is 1.63. The number of rotatable bonds is 6. The van der Waals surface area contributed by atoms with Crippen molar-refractivity contribution in [2.45, 2.75) is 33.5 Å². The molecule has 0 aromatic carbocycles. The quantitative estimate of drug-likeness (QED) is 0.393. The van der Waals surface area contributed by atoms with Crippen molar-refractivity contribution < 1.29 is 32.2 Å². The number of carbonyl (C=O) groups is 2. The molecule has 0 aliphatic heterocycles. The second kappa shape index (κ2) is 8.33. The zero-order valence-electron chi connectivity index (χ0n) is 17.1. The number of fused-ring (bicyclic) bond motifs is 1. The Morgan fingerprint density at radius 2 is 1.79 bits per heavy atom. The Balaban J connectivity index is 1.88. The lowest BCUT2D eigenvalue weighted by atomic mass is 10.2. The molecule has 15 heteroatoms. The van der Waals surface area contributed by atoms with Crippen LogP contribution in [0, 0.1) is 0 Å². The van der Waals surface area contributed by atoms with E-state index in [1.54, 1.807) is 12.3 Å². The van der Waals surface area contributed by atoms with Crippen LogP contribution in [0.3, 0.4) is 0 Å². The van der Waals surface area contributed by atoms with E-state index in [4.69, 9.17) is 9.47 Å². The minimum Gasteiger partial charge on any atom is -0.444 e. The molecule has 4 rings (SSSR count). The van der Waals surface area contributed by atoms with E-state index >= 15 is 0 Å². The smallest absolute Gasteiger partial charge is 0.444 e. The number of ether oxygens (including phenoxy) is 2. The molecule has 0 unspecified atom stereocenters. The number of hydrogen-bond donors (Lipinski definition) is 0. The number of carbonyl (C=O) groups excluding carboxylic acids is 2. The van der Waals surface area contributed by atoms with Crippen molar-refractivity contribution in [1.82, 2.24) is 38.7 Å². The Morgan fingerprint density at radius 1 is 1.06 bits per heavy atom. The Labute approximate surface area is 182 Å². The fourth-order valence-corrected chi connectivity index (χ4v) is 2.89. The number of halogens is 3. The van der Waals surface area contributed by atoms with Gasteiger partial charge in [0.15, 0.2) is 19.3 Å². The third-order valence-electron chi connectivity index (χ3n) is 4.22. The van der Waals surface area contributed by atoms with Crippen molar-refractivity contribution in [1.29, 1.82) is 0 Å². The number of hydrogen-bond acceptors (Lipinski definition) is 9. The van der Waals surface area contributed by atoms with Crippen LogP contribution in [0.2, 0.25) is 0 Å². The van der Waals surface area contributed by atoms with Crippen molar-refractivity contribution in [3.8, 4) is 22.9 Å². The summed E-state index contributed by atoms with van der Waals surface area (Å²) in [5.74, 6) is -2.79. The molecule has 4 aromatic heterocycles. The fourth-order valence-electron chi connectivity index (χ4n) is 2.89. The molecule has 0 fully saturated rings. The van der Waals surface area contributed by atoms with Gasteiger partial charge in [-0.25, -0.2) is 24.6 Å². The molecule has 4 heterocycles. The van der Waals surface area contributed by atoms with Crippen molar-refractivity contribution in [2.24, 2.45) is 0 Å². The second-order valence-corrected chi connectivity index (χ2v) is 6.66. The fraction of sp³-hybridized carbons (Fsp3) is 0.278. The number of nitrogens with zero attached hydrogens (tertiary/aromatic N) is 8. The van der Waals surface area contributed by atoms with Gasteiger partial charge in [0, 0.05) is 32.4 Å².